The van der Waals surface area contributed by atoms with Crippen molar-refractivity contribution in [2.75, 3.05) is 24.6 Å². The molecule has 4 heterocycles. The Labute approximate surface area is 200 Å². The molecule has 0 saturated carbocycles. The number of nitrogens with zero attached hydrogens (tertiary/aromatic N) is 6. The van der Waals surface area contributed by atoms with Crippen molar-refractivity contribution in [2.24, 2.45) is 7.05 Å². The van der Waals surface area contributed by atoms with Crippen LogP contribution in [0.1, 0.15) is 24.4 Å². The first-order valence-corrected chi connectivity index (χ1v) is 11.5. The molecule has 1 saturated heterocycles. The molecule has 0 amide bonds. The van der Waals surface area contributed by atoms with Crippen molar-refractivity contribution in [3.05, 3.63) is 69.2 Å². The Morgan fingerprint density at radius 2 is 2.09 bits per heavy atom. The summed E-state index contributed by atoms with van der Waals surface area (Å²) in [6.45, 7) is 6.21. The number of rotatable bonds is 4. The molecule has 1 aliphatic rings. The van der Waals surface area contributed by atoms with Crippen LogP contribution in [0.15, 0.2) is 41.5 Å². The van der Waals surface area contributed by atoms with Crippen LogP contribution in [0.5, 0.6) is 0 Å². The van der Waals surface area contributed by atoms with Gasteiger partial charge in [0.2, 0.25) is 0 Å². The molecule has 34 heavy (non-hydrogen) atoms. The van der Waals surface area contributed by atoms with Gasteiger partial charge in [-0.2, -0.15) is 5.10 Å². The number of anilines is 1. The molecule has 176 valence electrons. The Bertz CT molecular complexity index is 1450. The zero-order valence-electron chi connectivity index (χ0n) is 19.1. The highest BCUT2D eigenvalue weighted by Gasteiger charge is 2.26. The second-order valence-corrected chi connectivity index (χ2v) is 8.74. The van der Waals surface area contributed by atoms with Gasteiger partial charge in [-0.15, -0.1) is 0 Å². The van der Waals surface area contributed by atoms with Crippen LogP contribution >= 0.6 is 11.6 Å². The van der Waals surface area contributed by atoms with Gasteiger partial charge >= 0.3 is 0 Å². The van der Waals surface area contributed by atoms with Gasteiger partial charge in [-0.25, -0.2) is 14.4 Å². The number of ether oxygens (including phenoxy) is 1. The van der Waals surface area contributed by atoms with Gasteiger partial charge in [0.1, 0.15) is 23.6 Å². The van der Waals surface area contributed by atoms with Crippen LogP contribution in [0.4, 0.5) is 10.2 Å². The van der Waals surface area contributed by atoms with Crippen molar-refractivity contribution in [3.63, 3.8) is 0 Å². The molecule has 0 aliphatic carbocycles. The Balaban J connectivity index is 1.64. The van der Waals surface area contributed by atoms with Gasteiger partial charge in [0.15, 0.2) is 0 Å². The number of morpholine rings is 1. The number of hydrogen-bond acceptors (Lipinski definition) is 6. The summed E-state index contributed by atoms with van der Waals surface area (Å²) in [6, 6.07) is 6.14. The fraction of sp³-hybridized carbons (Fsp3) is 0.333. The van der Waals surface area contributed by atoms with Gasteiger partial charge in [-0.1, -0.05) is 11.6 Å². The first-order chi connectivity index (χ1) is 16.4. The summed E-state index contributed by atoms with van der Waals surface area (Å²) in [5.41, 5.74) is 1.62. The van der Waals surface area contributed by atoms with Crippen LogP contribution in [0.25, 0.3) is 22.2 Å². The highest BCUT2D eigenvalue weighted by Crippen LogP contribution is 2.32. The molecule has 1 aromatic carbocycles. The Kier molecular flexibility index (Phi) is 5.83. The van der Waals surface area contributed by atoms with Crippen molar-refractivity contribution in [1.29, 1.82) is 0 Å². The van der Waals surface area contributed by atoms with Crippen LogP contribution in [0.3, 0.4) is 0 Å². The lowest BCUT2D eigenvalue weighted by Gasteiger charge is -2.33. The maximum Gasteiger partial charge on any atom is 0.263 e. The fourth-order valence-corrected chi connectivity index (χ4v) is 4.36. The average molecular weight is 483 g/mol. The summed E-state index contributed by atoms with van der Waals surface area (Å²) in [7, 11) is 1.64. The van der Waals surface area contributed by atoms with E-state index in [2.05, 4.69) is 15.0 Å². The highest BCUT2D eigenvalue weighted by molar-refractivity contribution is 6.30. The van der Waals surface area contributed by atoms with E-state index in [9.17, 15) is 9.18 Å². The number of benzene rings is 1. The summed E-state index contributed by atoms with van der Waals surface area (Å²) >= 11 is 5.97. The van der Waals surface area contributed by atoms with Crippen molar-refractivity contribution in [1.82, 2.24) is 24.3 Å². The van der Waals surface area contributed by atoms with Crippen LogP contribution in [0, 0.1) is 12.7 Å². The minimum absolute atomic E-state index is 0.180. The molecule has 10 heteroatoms. The maximum absolute atomic E-state index is 15.0. The lowest BCUT2D eigenvalue weighted by molar-refractivity contribution is 0.0395. The van der Waals surface area contributed by atoms with E-state index in [1.165, 1.54) is 10.6 Å². The van der Waals surface area contributed by atoms with Crippen LogP contribution in [0.2, 0.25) is 5.02 Å². The molecule has 0 N–H and O–H groups in total. The monoisotopic (exact) mass is 482 g/mol. The molecular weight excluding hydrogens is 459 g/mol. The van der Waals surface area contributed by atoms with Gasteiger partial charge in [-0.05, 0) is 32.0 Å². The van der Waals surface area contributed by atoms with E-state index in [-0.39, 0.29) is 33.3 Å². The summed E-state index contributed by atoms with van der Waals surface area (Å²) in [5, 5.41) is 4.89. The molecule has 1 unspecified atom stereocenters. The number of halogens is 2. The third kappa shape index (κ3) is 3.95. The second kappa shape index (κ2) is 8.81. The topological polar surface area (TPSA) is 78.1 Å². The largest absolute Gasteiger partial charge is 0.370 e. The highest BCUT2D eigenvalue weighted by atomic mass is 35.5. The Morgan fingerprint density at radius 1 is 1.26 bits per heavy atom. The van der Waals surface area contributed by atoms with E-state index >= 15 is 0 Å². The quantitative estimate of drug-likeness (QED) is 0.439. The lowest BCUT2D eigenvalue weighted by Crippen LogP contribution is -2.39. The first-order valence-electron chi connectivity index (χ1n) is 11.1. The number of hydrogen-bond donors (Lipinski definition) is 0. The summed E-state index contributed by atoms with van der Waals surface area (Å²) in [5.74, 6) is 0.616. The molecular formula is C24H24ClFN6O2. The molecule has 8 nitrogen and oxygen atoms in total. The van der Waals surface area contributed by atoms with Gasteiger partial charge in [-0.3, -0.25) is 14.0 Å². The van der Waals surface area contributed by atoms with Crippen molar-refractivity contribution < 1.29 is 9.13 Å². The number of fused-ring (bicyclic) bond motifs is 1. The minimum Gasteiger partial charge on any atom is -0.370 e. The van der Waals surface area contributed by atoms with E-state index in [1.54, 1.807) is 32.2 Å². The lowest BCUT2D eigenvalue weighted by atomic mass is 10.1. The smallest absolute Gasteiger partial charge is 0.263 e. The normalized spacial score (nSPS) is 16.4. The Morgan fingerprint density at radius 3 is 2.82 bits per heavy atom. The zero-order chi connectivity index (χ0) is 24.0. The van der Waals surface area contributed by atoms with E-state index in [1.807, 2.05) is 24.0 Å². The van der Waals surface area contributed by atoms with Crippen molar-refractivity contribution >= 4 is 28.3 Å². The van der Waals surface area contributed by atoms with Crippen molar-refractivity contribution in [2.45, 2.75) is 26.5 Å². The second-order valence-electron chi connectivity index (χ2n) is 8.31. The summed E-state index contributed by atoms with van der Waals surface area (Å²) in [6.07, 6.45) is 3.61. The number of pyridine rings is 1. The maximum atomic E-state index is 15.0. The molecule has 1 fully saturated rings. The minimum atomic E-state index is -0.548. The van der Waals surface area contributed by atoms with E-state index in [0.717, 1.165) is 12.1 Å². The molecule has 4 aromatic rings. The van der Waals surface area contributed by atoms with Gasteiger partial charge in [0, 0.05) is 55.1 Å². The van der Waals surface area contributed by atoms with Gasteiger partial charge < -0.3 is 9.64 Å². The fourth-order valence-electron chi connectivity index (χ4n) is 4.20. The molecule has 0 bridgehead atoms. The van der Waals surface area contributed by atoms with Crippen molar-refractivity contribution in [3.8, 4) is 11.3 Å². The number of aromatic nitrogens is 5. The van der Waals surface area contributed by atoms with Crippen LogP contribution in [-0.4, -0.2) is 44.0 Å². The van der Waals surface area contributed by atoms with Crippen LogP contribution in [-0.2, 0) is 18.3 Å². The summed E-state index contributed by atoms with van der Waals surface area (Å²) < 4.78 is 24.3. The van der Waals surface area contributed by atoms with Crippen LogP contribution < -0.4 is 10.5 Å². The SMILES string of the molecule is CCn1cc(C2CN(c3cc4nc(C)n(C)c(=O)c4c(-c4ccc(Cl)cc4F)n3)CCO2)cn1. The Hall–Kier alpha value is -3.30. The average Bonchev–Trinajstić information content (AvgIpc) is 3.31. The predicted octanol–water partition coefficient (Wildman–Crippen LogP) is 3.89. The molecule has 1 aliphatic heterocycles. The molecule has 5 rings (SSSR count). The van der Waals surface area contributed by atoms with E-state index < -0.39 is 5.82 Å². The van der Waals surface area contributed by atoms with Gasteiger partial charge in [0.05, 0.1) is 29.4 Å². The first kappa shape index (κ1) is 22.5. The summed E-state index contributed by atoms with van der Waals surface area (Å²) in [4.78, 5) is 24.6. The molecule has 3 aromatic heterocycles. The van der Waals surface area contributed by atoms with Gasteiger partial charge in [0.25, 0.3) is 5.56 Å². The number of aryl methyl sites for hydroxylation is 2. The van der Waals surface area contributed by atoms with E-state index in [4.69, 9.17) is 21.3 Å². The standard InChI is InChI=1S/C24H24ClFN6O2/c1-4-32-12-15(11-27-32)20-13-31(7-8-34-20)21-10-19-22(24(33)30(3)14(2)28-19)23(29-21)17-6-5-16(25)9-18(17)26/h5-6,9-12,20H,4,7-8,13H2,1-3H3. The molecule has 0 spiro atoms. The zero-order valence-corrected chi connectivity index (χ0v) is 19.9. The third-order valence-corrected chi connectivity index (χ3v) is 6.43. The van der Waals surface area contributed by atoms with E-state index in [0.29, 0.717) is 36.9 Å². The predicted molar refractivity (Wildman–Crippen MR) is 129 cm³/mol. The molecule has 1 atom stereocenters. The third-order valence-electron chi connectivity index (χ3n) is 6.20. The molecule has 0 radical (unpaired) electrons.